The molecule has 1 aromatic heterocycles. The minimum atomic E-state index is -0.467. The second kappa shape index (κ2) is 7.31. The number of nitrogens with one attached hydrogen (secondary N) is 1. The van der Waals surface area contributed by atoms with Crippen LogP contribution in [0.3, 0.4) is 0 Å². The van der Waals surface area contributed by atoms with E-state index < -0.39 is 4.92 Å². The lowest BCUT2D eigenvalue weighted by molar-refractivity contribution is -0.384. The van der Waals surface area contributed by atoms with Crippen LogP contribution in [0.2, 0.25) is 0 Å². The van der Waals surface area contributed by atoms with Crippen LogP contribution in [-0.4, -0.2) is 21.0 Å². The van der Waals surface area contributed by atoms with E-state index in [1.54, 1.807) is 18.2 Å². The van der Waals surface area contributed by atoms with Crippen LogP contribution >= 0.6 is 11.3 Å². The lowest BCUT2D eigenvalue weighted by Gasteiger charge is -2.17. The van der Waals surface area contributed by atoms with Gasteiger partial charge in [0, 0.05) is 23.6 Å². The molecule has 0 unspecified atom stereocenters. The number of non-ortho nitro benzene ring substituents is 1. The molecule has 0 saturated heterocycles. The van der Waals surface area contributed by atoms with Crippen molar-refractivity contribution in [3.63, 3.8) is 0 Å². The Labute approximate surface area is 143 Å². The Bertz CT molecular complexity index is 766. The predicted molar refractivity (Wildman–Crippen MR) is 94.0 cm³/mol. The standard InChI is InChI=1S/C16H18N4O3S/c1-4-16(2,3)14-18-19-15(24-14)17-13(21)10-7-11-5-8-12(9-6-11)20(22)23/h5-10H,4H2,1-3H3,(H,17,19,21)/b10-7+. The third-order valence-corrected chi connectivity index (χ3v) is 4.85. The average molecular weight is 346 g/mol. The number of amides is 1. The average Bonchev–Trinajstić information content (AvgIpc) is 3.02. The molecule has 126 valence electrons. The first-order chi connectivity index (χ1) is 11.3. The van der Waals surface area contributed by atoms with E-state index in [4.69, 9.17) is 0 Å². The molecule has 0 aliphatic carbocycles. The Morgan fingerprint density at radius 1 is 1.33 bits per heavy atom. The lowest BCUT2D eigenvalue weighted by atomic mass is 9.91. The van der Waals surface area contributed by atoms with Crippen molar-refractivity contribution in [2.24, 2.45) is 0 Å². The zero-order valence-corrected chi connectivity index (χ0v) is 14.5. The zero-order chi connectivity index (χ0) is 17.7. The van der Waals surface area contributed by atoms with Crippen molar-refractivity contribution in [2.75, 3.05) is 5.32 Å². The number of anilines is 1. The van der Waals surface area contributed by atoms with Gasteiger partial charge in [0.05, 0.1) is 4.92 Å². The van der Waals surface area contributed by atoms with Gasteiger partial charge in [-0.05, 0) is 30.2 Å². The van der Waals surface area contributed by atoms with E-state index in [0.717, 1.165) is 11.4 Å². The maximum atomic E-state index is 11.9. The summed E-state index contributed by atoms with van der Waals surface area (Å²) in [6.07, 6.45) is 3.86. The fourth-order valence-electron chi connectivity index (χ4n) is 1.72. The third kappa shape index (κ3) is 4.45. The second-order valence-electron chi connectivity index (χ2n) is 5.82. The van der Waals surface area contributed by atoms with Gasteiger partial charge in [-0.3, -0.25) is 20.2 Å². The normalized spacial score (nSPS) is 11.6. The topological polar surface area (TPSA) is 98.0 Å². The van der Waals surface area contributed by atoms with Gasteiger partial charge in [0.15, 0.2) is 0 Å². The molecular weight excluding hydrogens is 328 g/mol. The van der Waals surface area contributed by atoms with Gasteiger partial charge in [-0.2, -0.15) is 0 Å². The number of rotatable bonds is 6. The molecule has 0 bridgehead atoms. The molecule has 1 heterocycles. The Balaban J connectivity index is 1.99. The molecule has 7 nitrogen and oxygen atoms in total. The van der Waals surface area contributed by atoms with Crippen LogP contribution in [0.1, 0.15) is 37.8 Å². The highest BCUT2D eigenvalue weighted by molar-refractivity contribution is 7.15. The molecule has 0 radical (unpaired) electrons. The molecule has 1 aromatic carbocycles. The highest BCUT2D eigenvalue weighted by atomic mass is 32.1. The smallest absolute Gasteiger partial charge is 0.269 e. The summed E-state index contributed by atoms with van der Waals surface area (Å²) in [7, 11) is 0. The Morgan fingerprint density at radius 2 is 2.00 bits per heavy atom. The summed E-state index contributed by atoms with van der Waals surface area (Å²) in [5, 5.41) is 22.7. The maximum Gasteiger partial charge on any atom is 0.269 e. The Kier molecular flexibility index (Phi) is 5.40. The molecule has 0 aliphatic heterocycles. The van der Waals surface area contributed by atoms with E-state index in [2.05, 4.69) is 36.3 Å². The highest BCUT2D eigenvalue weighted by Gasteiger charge is 2.23. The van der Waals surface area contributed by atoms with E-state index in [-0.39, 0.29) is 17.0 Å². The van der Waals surface area contributed by atoms with Crippen molar-refractivity contribution >= 4 is 34.1 Å². The molecule has 0 saturated carbocycles. The molecule has 8 heteroatoms. The SMILES string of the molecule is CCC(C)(C)c1nnc(NC(=O)/C=C/c2ccc([N+](=O)[O-])cc2)s1. The monoisotopic (exact) mass is 346 g/mol. The predicted octanol–water partition coefficient (Wildman–Crippen LogP) is 3.79. The van der Waals surface area contributed by atoms with Gasteiger partial charge in [-0.25, -0.2) is 0 Å². The van der Waals surface area contributed by atoms with Crippen molar-refractivity contribution in [1.29, 1.82) is 0 Å². The number of hydrogen-bond acceptors (Lipinski definition) is 6. The van der Waals surface area contributed by atoms with Crippen LogP contribution in [0, 0.1) is 10.1 Å². The number of benzene rings is 1. The number of carbonyl (C=O) groups excluding carboxylic acids is 1. The third-order valence-electron chi connectivity index (χ3n) is 3.65. The van der Waals surface area contributed by atoms with Crippen molar-refractivity contribution in [2.45, 2.75) is 32.6 Å². The number of carbonyl (C=O) groups is 1. The molecular formula is C16H18N4O3S. The van der Waals surface area contributed by atoms with Crippen molar-refractivity contribution < 1.29 is 9.72 Å². The second-order valence-corrected chi connectivity index (χ2v) is 6.80. The van der Waals surface area contributed by atoms with Crippen LogP contribution < -0.4 is 5.32 Å². The Morgan fingerprint density at radius 3 is 2.58 bits per heavy atom. The van der Waals surface area contributed by atoms with Crippen LogP contribution in [0.25, 0.3) is 6.08 Å². The molecule has 24 heavy (non-hydrogen) atoms. The number of nitro benzene ring substituents is 1. The van der Waals surface area contributed by atoms with Crippen LogP contribution in [0.5, 0.6) is 0 Å². The van der Waals surface area contributed by atoms with Gasteiger partial charge in [0.1, 0.15) is 5.01 Å². The van der Waals surface area contributed by atoms with Gasteiger partial charge in [-0.1, -0.05) is 32.1 Å². The van der Waals surface area contributed by atoms with Crippen molar-refractivity contribution in [3.8, 4) is 0 Å². The zero-order valence-electron chi connectivity index (χ0n) is 13.6. The molecule has 2 aromatic rings. The van der Waals surface area contributed by atoms with Crippen LogP contribution in [0.4, 0.5) is 10.8 Å². The molecule has 0 spiro atoms. The van der Waals surface area contributed by atoms with Gasteiger partial charge >= 0.3 is 0 Å². The largest absolute Gasteiger partial charge is 0.297 e. The fourth-order valence-corrected chi connectivity index (χ4v) is 2.64. The summed E-state index contributed by atoms with van der Waals surface area (Å²) >= 11 is 1.36. The summed E-state index contributed by atoms with van der Waals surface area (Å²) in [5.41, 5.74) is 0.632. The number of aromatic nitrogens is 2. The van der Waals surface area contributed by atoms with Gasteiger partial charge < -0.3 is 0 Å². The van der Waals surface area contributed by atoms with Gasteiger partial charge in [0.25, 0.3) is 5.69 Å². The van der Waals surface area contributed by atoms with E-state index >= 15 is 0 Å². The summed E-state index contributed by atoms with van der Waals surface area (Å²) in [6.45, 7) is 6.23. The summed E-state index contributed by atoms with van der Waals surface area (Å²) in [4.78, 5) is 22.0. The first kappa shape index (κ1) is 17.7. The van der Waals surface area contributed by atoms with E-state index in [0.29, 0.717) is 10.7 Å². The van der Waals surface area contributed by atoms with Crippen LogP contribution in [0.15, 0.2) is 30.3 Å². The minimum Gasteiger partial charge on any atom is -0.297 e. The van der Waals surface area contributed by atoms with Gasteiger partial charge in [0.2, 0.25) is 11.0 Å². The molecule has 1 amide bonds. The first-order valence-electron chi connectivity index (χ1n) is 7.39. The lowest BCUT2D eigenvalue weighted by Crippen LogP contribution is -2.14. The number of nitro groups is 1. The summed E-state index contributed by atoms with van der Waals surface area (Å²) < 4.78 is 0. The molecule has 2 rings (SSSR count). The number of nitrogens with zero attached hydrogens (tertiary/aromatic N) is 3. The van der Waals surface area contributed by atoms with E-state index in [1.165, 1.54) is 29.5 Å². The van der Waals surface area contributed by atoms with Crippen molar-refractivity contribution in [1.82, 2.24) is 10.2 Å². The summed E-state index contributed by atoms with van der Waals surface area (Å²) in [6, 6.07) is 5.94. The quantitative estimate of drug-likeness (QED) is 0.487. The van der Waals surface area contributed by atoms with Crippen molar-refractivity contribution in [3.05, 3.63) is 51.0 Å². The molecule has 0 atom stereocenters. The van der Waals surface area contributed by atoms with Gasteiger partial charge in [-0.15, -0.1) is 10.2 Å². The summed E-state index contributed by atoms with van der Waals surface area (Å²) in [5.74, 6) is -0.328. The molecule has 0 fully saturated rings. The first-order valence-corrected chi connectivity index (χ1v) is 8.21. The van der Waals surface area contributed by atoms with E-state index in [1.807, 2.05) is 0 Å². The highest BCUT2D eigenvalue weighted by Crippen LogP contribution is 2.30. The van der Waals surface area contributed by atoms with Crippen LogP contribution in [-0.2, 0) is 10.2 Å². The molecule has 0 aliphatic rings. The Hall–Kier alpha value is -2.61. The molecule has 1 N–H and O–H groups in total. The maximum absolute atomic E-state index is 11.9. The fraction of sp³-hybridized carbons (Fsp3) is 0.312. The van der Waals surface area contributed by atoms with E-state index in [9.17, 15) is 14.9 Å². The minimum absolute atomic E-state index is 0.0107. The number of hydrogen-bond donors (Lipinski definition) is 1.